The van der Waals surface area contributed by atoms with Crippen LogP contribution in [0.1, 0.15) is 18.1 Å². The Morgan fingerprint density at radius 3 is 2.54 bits per heavy atom. The number of hydrogen-bond acceptors (Lipinski definition) is 3. The summed E-state index contributed by atoms with van der Waals surface area (Å²) in [5.41, 5.74) is 0.161. The molecule has 7 heteroatoms. The van der Waals surface area contributed by atoms with Crippen LogP contribution in [0.5, 0.6) is 11.5 Å². The normalized spacial score (nSPS) is 12.3. The number of halogens is 3. The van der Waals surface area contributed by atoms with Crippen LogP contribution in [0.15, 0.2) is 48.5 Å². The van der Waals surface area contributed by atoms with E-state index >= 15 is 0 Å². The number of aryl methyl sites for hydroxylation is 1. The van der Waals surface area contributed by atoms with Crippen LogP contribution in [-0.4, -0.2) is 25.2 Å². The van der Waals surface area contributed by atoms with E-state index in [1.165, 1.54) is 12.1 Å². The summed E-state index contributed by atoms with van der Waals surface area (Å²) in [6.45, 7) is 3.57. The fourth-order valence-electron chi connectivity index (χ4n) is 2.20. The highest BCUT2D eigenvalue weighted by Crippen LogP contribution is 2.31. The lowest BCUT2D eigenvalue weighted by molar-refractivity contribution is -0.137. The Balaban J connectivity index is 1.79. The molecule has 26 heavy (non-hydrogen) atoms. The molecule has 0 aliphatic heterocycles. The van der Waals surface area contributed by atoms with Crippen LogP contribution >= 0.6 is 0 Å². The van der Waals surface area contributed by atoms with E-state index in [-0.39, 0.29) is 25.0 Å². The first-order chi connectivity index (χ1) is 12.3. The third-order valence-corrected chi connectivity index (χ3v) is 3.52. The molecule has 0 saturated heterocycles. The quantitative estimate of drug-likeness (QED) is 0.805. The highest BCUT2D eigenvalue weighted by molar-refractivity contribution is 5.77. The van der Waals surface area contributed by atoms with Crippen molar-refractivity contribution in [3.63, 3.8) is 0 Å². The molecule has 2 aromatic carbocycles. The minimum absolute atomic E-state index is 0.0150. The van der Waals surface area contributed by atoms with Crippen molar-refractivity contribution in [2.24, 2.45) is 0 Å². The second-order valence-electron chi connectivity index (χ2n) is 5.86. The van der Waals surface area contributed by atoms with Gasteiger partial charge in [-0.3, -0.25) is 4.79 Å². The number of carbonyl (C=O) groups excluding carboxylic acids is 1. The van der Waals surface area contributed by atoms with Gasteiger partial charge in [-0.25, -0.2) is 0 Å². The molecule has 2 rings (SSSR count). The van der Waals surface area contributed by atoms with Crippen molar-refractivity contribution < 1.29 is 27.4 Å². The van der Waals surface area contributed by atoms with Gasteiger partial charge in [0.2, 0.25) is 0 Å². The maximum atomic E-state index is 12.6. The van der Waals surface area contributed by atoms with Crippen molar-refractivity contribution in [3.8, 4) is 11.5 Å². The fourth-order valence-corrected chi connectivity index (χ4v) is 2.20. The van der Waals surface area contributed by atoms with Crippen LogP contribution in [-0.2, 0) is 11.0 Å². The summed E-state index contributed by atoms with van der Waals surface area (Å²) in [5.74, 6) is 0.274. The summed E-state index contributed by atoms with van der Waals surface area (Å²) in [4.78, 5) is 11.9. The Hall–Kier alpha value is -2.70. The number of para-hydroxylation sites is 1. The first-order valence-corrected chi connectivity index (χ1v) is 8.03. The number of alkyl halides is 3. The van der Waals surface area contributed by atoms with Gasteiger partial charge in [0.25, 0.3) is 5.91 Å². The molecule has 1 amide bonds. The zero-order valence-corrected chi connectivity index (χ0v) is 14.5. The van der Waals surface area contributed by atoms with Crippen LogP contribution < -0.4 is 14.8 Å². The number of benzene rings is 2. The molecule has 0 saturated carbocycles. The van der Waals surface area contributed by atoms with E-state index < -0.39 is 17.6 Å². The topological polar surface area (TPSA) is 47.6 Å². The van der Waals surface area contributed by atoms with E-state index in [9.17, 15) is 18.0 Å². The smallest absolute Gasteiger partial charge is 0.416 e. The molecule has 0 spiro atoms. The van der Waals surface area contributed by atoms with Crippen LogP contribution in [0.2, 0.25) is 0 Å². The monoisotopic (exact) mass is 367 g/mol. The zero-order chi connectivity index (χ0) is 19.2. The second kappa shape index (κ2) is 8.60. The van der Waals surface area contributed by atoms with Gasteiger partial charge in [0.1, 0.15) is 18.1 Å². The van der Waals surface area contributed by atoms with Gasteiger partial charge < -0.3 is 14.8 Å². The predicted molar refractivity (Wildman–Crippen MR) is 91.2 cm³/mol. The maximum absolute atomic E-state index is 12.6. The Morgan fingerprint density at radius 2 is 1.85 bits per heavy atom. The molecule has 0 fully saturated rings. The van der Waals surface area contributed by atoms with E-state index in [2.05, 4.69) is 5.32 Å². The highest BCUT2D eigenvalue weighted by atomic mass is 19.4. The largest absolute Gasteiger partial charge is 0.491 e. The van der Waals surface area contributed by atoms with Crippen molar-refractivity contribution in [1.82, 2.24) is 5.32 Å². The van der Waals surface area contributed by atoms with Crippen LogP contribution in [0.25, 0.3) is 0 Å². The van der Waals surface area contributed by atoms with Gasteiger partial charge in [-0.15, -0.1) is 0 Å². The first kappa shape index (κ1) is 19.6. The maximum Gasteiger partial charge on any atom is 0.416 e. The molecular formula is C19H20F3NO3. The summed E-state index contributed by atoms with van der Waals surface area (Å²) < 4.78 is 48.7. The number of rotatable bonds is 7. The van der Waals surface area contributed by atoms with Crippen molar-refractivity contribution in [2.45, 2.75) is 26.1 Å². The summed E-state index contributed by atoms with van der Waals surface area (Å²) in [5, 5.41) is 2.67. The number of ether oxygens (including phenoxy) is 2. The summed E-state index contributed by atoms with van der Waals surface area (Å²) in [6, 6.07) is 11.6. The van der Waals surface area contributed by atoms with E-state index in [4.69, 9.17) is 9.47 Å². The molecular weight excluding hydrogens is 347 g/mol. The molecule has 0 unspecified atom stereocenters. The van der Waals surface area contributed by atoms with E-state index in [0.29, 0.717) is 0 Å². The van der Waals surface area contributed by atoms with E-state index in [1.54, 1.807) is 6.92 Å². The number of nitrogens with one attached hydrogen (secondary N) is 1. The summed E-state index contributed by atoms with van der Waals surface area (Å²) >= 11 is 0. The van der Waals surface area contributed by atoms with Crippen LogP contribution in [0.4, 0.5) is 13.2 Å². The summed E-state index contributed by atoms with van der Waals surface area (Å²) in [7, 11) is 0. The van der Waals surface area contributed by atoms with Crippen molar-refractivity contribution in [3.05, 3.63) is 59.7 Å². The molecule has 4 nitrogen and oxygen atoms in total. The molecule has 1 N–H and O–H groups in total. The average molecular weight is 367 g/mol. The third-order valence-electron chi connectivity index (χ3n) is 3.52. The van der Waals surface area contributed by atoms with Crippen LogP contribution in [0.3, 0.4) is 0 Å². The molecule has 140 valence electrons. The molecule has 0 heterocycles. The fraction of sp³-hybridized carbons (Fsp3) is 0.316. The van der Waals surface area contributed by atoms with E-state index in [1.807, 2.05) is 31.2 Å². The minimum atomic E-state index is -4.46. The molecule has 2 aromatic rings. The zero-order valence-electron chi connectivity index (χ0n) is 14.5. The van der Waals surface area contributed by atoms with Crippen molar-refractivity contribution in [1.29, 1.82) is 0 Å². The first-order valence-electron chi connectivity index (χ1n) is 8.03. The van der Waals surface area contributed by atoms with Gasteiger partial charge in [-0.2, -0.15) is 13.2 Å². The van der Waals surface area contributed by atoms with Gasteiger partial charge in [-0.05, 0) is 43.7 Å². The molecule has 0 aliphatic rings. The lowest BCUT2D eigenvalue weighted by atomic mass is 10.2. The van der Waals surface area contributed by atoms with Gasteiger partial charge in [-0.1, -0.05) is 24.3 Å². The average Bonchev–Trinajstić information content (AvgIpc) is 2.59. The van der Waals surface area contributed by atoms with Crippen molar-refractivity contribution >= 4 is 5.91 Å². The Kier molecular flexibility index (Phi) is 6.49. The Bertz CT molecular complexity index is 747. The number of amides is 1. The Morgan fingerprint density at radius 1 is 1.12 bits per heavy atom. The molecule has 0 bridgehead atoms. The van der Waals surface area contributed by atoms with Crippen LogP contribution in [0, 0.1) is 6.92 Å². The SMILES string of the molecule is Cc1ccccc1OC[C@H](C)NC(=O)COc1cccc(C(F)(F)F)c1. The molecule has 0 aliphatic carbocycles. The highest BCUT2D eigenvalue weighted by Gasteiger charge is 2.30. The summed E-state index contributed by atoms with van der Waals surface area (Å²) in [6.07, 6.45) is -4.46. The Labute approximate surface area is 149 Å². The minimum Gasteiger partial charge on any atom is -0.491 e. The predicted octanol–water partition coefficient (Wildman–Crippen LogP) is 3.98. The lowest BCUT2D eigenvalue weighted by Crippen LogP contribution is -2.39. The number of hydrogen-bond donors (Lipinski definition) is 1. The molecule has 1 atom stereocenters. The molecule has 0 aromatic heterocycles. The van der Waals surface area contributed by atoms with Gasteiger partial charge in [0, 0.05) is 0 Å². The number of carbonyl (C=O) groups is 1. The third kappa shape index (κ3) is 5.98. The van der Waals surface area contributed by atoms with Gasteiger partial charge >= 0.3 is 6.18 Å². The van der Waals surface area contributed by atoms with E-state index in [0.717, 1.165) is 23.4 Å². The van der Waals surface area contributed by atoms with Gasteiger partial charge in [0.05, 0.1) is 11.6 Å². The molecule has 0 radical (unpaired) electrons. The van der Waals surface area contributed by atoms with Gasteiger partial charge in [0.15, 0.2) is 6.61 Å². The lowest BCUT2D eigenvalue weighted by Gasteiger charge is -2.16. The van der Waals surface area contributed by atoms with Crippen molar-refractivity contribution in [2.75, 3.05) is 13.2 Å². The second-order valence-corrected chi connectivity index (χ2v) is 5.86. The standard InChI is InChI=1S/C19H20F3NO3/c1-13-6-3-4-9-17(13)26-11-14(2)23-18(24)12-25-16-8-5-7-15(10-16)19(20,21)22/h3-10,14H,11-12H2,1-2H3,(H,23,24)/t14-/m0/s1.